The van der Waals surface area contributed by atoms with Crippen LogP contribution < -0.4 is 11.1 Å². The number of halogens is 1. The van der Waals surface area contributed by atoms with Gasteiger partial charge in [-0.1, -0.05) is 0 Å². The Bertz CT molecular complexity index is 957. The van der Waals surface area contributed by atoms with E-state index in [2.05, 4.69) is 19.9 Å². The number of amides is 1. The summed E-state index contributed by atoms with van der Waals surface area (Å²) in [7, 11) is 0. The van der Waals surface area contributed by atoms with Crippen LogP contribution in [0, 0.1) is 12.8 Å². The molecule has 2 unspecified atom stereocenters. The summed E-state index contributed by atoms with van der Waals surface area (Å²) in [5.74, 6) is -0.638. The van der Waals surface area contributed by atoms with Crippen molar-refractivity contribution in [2.45, 2.75) is 19.5 Å². The van der Waals surface area contributed by atoms with E-state index in [1.807, 2.05) is 19.1 Å². The van der Waals surface area contributed by atoms with Crippen LogP contribution in [0.15, 0.2) is 24.4 Å². The first kappa shape index (κ1) is 14.9. The highest BCUT2D eigenvalue weighted by Crippen LogP contribution is 2.35. The minimum absolute atomic E-state index is 0.272. The summed E-state index contributed by atoms with van der Waals surface area (Å²) in [5, 5.41) is 11.4. The van der Waals surface area contributed by atoms with Crippen molar-refractivity contribution in [1.82, 2.24) is 14.6 Å². The third-order valence-corrected chi connectivity index (χ3v) is 4.98. The standard InChI is InChI=1S/C16H14FN5OS/c1-7-6-19-24-15(7)9-2-8-4-13(20-16(23)10-5-11(10)17)21-22-14(8)12(18)3-9/h2-4,6,10-11H,5,18H2,1H3,(H,20,21,23). The van der Waals surface area contributed by atoms with Crippen molar-refractivity contribution in [2.24, 2.45) is 5.92 Å². The Morgan fingerprint density at radius 3 is 2.83 bits per heavy atom. The van der Waals surface area contributed by atoms with Crippen molar-refractivity contribution >= 4 is 39.8 Å². The molecule has 4 rings (SSSR count). The molecule has 1 aromatic carbocycles. The summed E-state index contributed by atoms with van der Waals surface area (Å²) >= 11 is 1.39. The van der Waals surface area contributed by atoms with Crippen molar-refractivity contribution in [3.63, 3.8) is 0 Å². The number of rotatable bonds is 3. The summed E-state index contributed by atoms with van der Waals surface area (Å²) < 4.78 is 17.1. The van der Waals surface area contributed by atoms with Crippen molar-refractivity contribution in [3.05, 3.63) is 30.0 Å². The van der Waals surface area contributed by atoms with Gasteiger partial charge in [0.2, 0.25) is 5.91 Å². The fourth-order valence-electron chi connectivity index (χ4n) is 2.60. The Morgan fingerprint density at radius 2 is 2.17 bits per heavy atom. The summed E-state index contributed by atoms with van der Waals surface area (Å²) in [6.45, 7) is 1.98. The molecule has 0 saturated heterocycles. The van der Waals surface area contributed by atoms with E-state index < -0.39 is 12.1 Å². The van der Waals surface area contributed by atoms with Crippen LogP contribution in [-0.2, 0) is 4.79 Å². The van der Waals surface area contributed by atoms with Crippen LogP contribution in [0.2, 0.25) is 0 Å². The number of alkyl halides is 1. The topological polar surface area (TPSA) is 93.8 Å². The van der Waals surface area contributed by atoms with E-state index in [1.165, 1.54) is 11.5 Å². The summed E-state index contributed by atoms with van der Waals surface area (Å²) in [6, 6.07) is 5.48. The van der Waals surface area contributed by atoms with Gasteiger partial charge in [-0.3, -0.25) is 4.79 Å². The largest absolute Gasteiger partial charge is 0.397 e. The minimum atomic E-state index is -1.05. The molecule has 0 aliphatic heterocycles. The number of aromatic nitrogens is 3. The van der Waals surface area contributed by atoms with Gasteiger partial charge in [-0.05, 0) is 54.2 Å². The fourth-order valence-corrected chi connectivity index (χ4v) is 3.34. The number of fused-ring (bicyclic) bond motifs is 1. The lowest BCUT2D eigenvalue weighted by Crippen LogP contribution is -2.16. The second-order valence-electron chi connectivity index (χ2n) is 5.92. The predicted octanol–water partition coefficient (Wildman–Crippen LogP) is 2.94. The van der Waals surface area contributed by atoms with Crippen molar-refractivity contribution in [1.29, 1.82) is 0 Å². The number of hydrogen-bond donors (Lipinski definition) is 2. The molecule has 0 spiro atoms. The molecular weight excluding hydrogens is 329 g/mol. The van der Waals surface area contributed by atoms with Gasteiger partial charge in [0.1, 0.15) is 11.7 Å². The van der Waals surface area contributed by atoms with Crippen molar-refractivity contribution in [3.8, 4) is 10.4 Å². The van der Waals surface area contributed by atoms with E-state index in [1.54, 1.807) is 12.3 Å². The lowest BCUT2D eigenvalue weighted by atomic mass is 10.1. The zero-order valence-electron chi connectivity index (χ0n) is 12.8. The molecule has 122 valence electrons. The first-order valence-electron chi connectivity index (χ1n) is 7.46. The molecule has 0 radical (unpaired) electrons. The molecule has 1 saturated carbocycles. The number of nitrogen functional groups attached to an aromatic ring is 1. The van der Waals surface area contributed by atoms with E-state index in [0.29, 0.717) is 17.0 Å². The van der Waals surface area contributed by atoms with Crippen molar-refractivity contribution in [2.75, 3.05) is 11.1 Å². The lowest BCUT2D eigenvalue weighted by molar-refractivity contribution is -0.117. The maximum absolute atomic E-state index is 13.0. The number of benzene rings is 1. The number of nitrogens with two attached hydrogens (primary N) is 1. The summed E-state index contributed by atoms with van der Waals surface area (Å²) in [6.07, 6.45) is 1.03. The van der Waals surface area contributed by atoms with Crippen molar-refractivity contribution < 1.29 is 9.18 Å². The summed E-state index contributed by atoms with van der Waals surface area (Å²) in [4.78, 5) is 12.9. The lowest BCUT2D eigenvalue weighted by Gasteiger charge is -2.08. The minimum Gasteiger partial charge on any atom is -0.397 e. The predicted molar refractivity (Wildman–Crippen MR) is 91.4 cm³/mol. The number of carbonyl (C=O) groups excluding carboxylic acids is 1. The average Bonchev–Trinajstić information content (AvgIpc) is 3.12. The second-order valence-corrected chi connectivity index (χ2v) is 6.72. The maximum atomic E-state index is 13.0. The quantitative estimate of drug-likeness (QED) is 0.713. The number of aryl methyl sites for hydroxylation is 1. The number of nitrogens with one attached hydrogen (secondary N) is 1. The molecule has 1 aliphatic carbocycles. The van der Waals surface area contributed by atoms with Gasteiger partial charge in [-0.25, -0.2) is 8.76 Å². The molecule has 8 heteroatoms. The van der Waals surface area contributed by atoms with E-state index in [0.717, 1.165) is 21.4 Å². The molecule has 2 heterocycles. The third-order valence-electron chi connectivity index (χ3n) is 4.03. The molecule has 1 amide bonds. The molecule has 3 aromatic rings. The molecule has 1 fully saturated rings. The van der Waals surface area contributed by atoms with Gasteiger partial charge < -0.3 is 11.1 Å². The Labute approximate surface area is 141 Å². The van der Waals surface area contributed by atoms with Gasteiger partial charge in [-0.2, -0.15) is 0 Å². The van der Waals surface area contributed by atoms with E-state index in [4.69, 9.17) is 5.73 Å². The van der Waals surface area contributed by atoms with Gasteiger partial charge in [0, 0.05) is 11.6 Å². The number of hydrogen-bond acceptors (Lipinski definition) is 6. The Balaban J connectivity index is 1.72. The summed E-state index contributed by atoms with van der Waals surface area (Å²) in [5.41, 5.74) is 9.16. The van der Waals surface area contributed by atoms with Crippen LogP contribution in [0.4, 0.5) is 15.9 Å². The van der Waals surface area contributed by atoms with Gasteiger partial charge in [0.05, 0.1) is 16.5 Å². The van der Waals surface area contributed by atoms with Crippen LogP contribution in [0.1, 0.15) is 12.0 Å². The highest BCUT2D eigenvalue weighted by Gasteiger charge is 2.43. The molecular formula is C16H14FN5OS. The molecule has 24 heavy (non-hydrogen) atoms. The van der Waals surface area contributed by atoms with Gasteiger partial charge in [0.25, 0.3) is 0 Å². The zero-order chi connectivity index (χ0) is 16.8. The zero-order valence-corrected chi connectivity index (χ0v) is 13.6. The molecule has 1 aliphatic rings. The van der Waals surface area contributed by atoms with Crippen LogP contribution in [0.3, 0.4) is 0 Å². The SMILES string of the molecule is Cc1cnsc1-c1cc(N)c2nnc(NC(=O)C3CC3F)cc2c1. The highest BCUT2D eigenvalue weighted by molar-refractivity contribution is 7.09. The monoisotopic (exact) mass is 343 g/mol. The average molecular weight is 343 g/mol. The Kier molecular flexibility index (Phi) is 3.42. The second kappa shape index (κ2) is 5.48. The van der Waals surface area contributed by atoms with E-state index >= 15 is 0 Å². The highest BCUT2D eigenvalue weighted by atomic mass is 32.1. The first-order chi connectivity index (χ1) is 11.5. The first-order valence-corrected chi connectivity index (χ1v) is 8.24. The van der Waals surface area contributed by atoms with E-state index in [9.17, 15) is 9.18 Å². The number of nitrogens with zero attached hydrogens (tertiary/aromatic N) is 3. The maximum Gasteiger partial charge on any atom is 0.231 e. The van der Waals surface area contributed by atoms with Crippen LogP contribution >= 0.6 is 11.5 Å². The normalized spacial score (nSPS) is 19.4. The van der Waals surface area contributed by atoms with Gasteiger partial charge in [0.15, 0.2) is 5.82 Å². The number of anilines is 2. The molecule has 2 aromatic heterocycles. The van der Waals surface area contributed by atoms with Gasteiger partial charge >= 0.3 is 0 Å². The Morgan fingerprint density at radius 1 is 1.38 bits per heavy atom. The van der Waals surface area contributed by atoms with Gasteiger partial charge in [-0.15, -0.1) is 10.2 Å². The van der Waals surface area contributed by atoms with Crippen LogP contribution in [0.5, 0.6) is 0 Å². The Hall–Kier alpha value is -2.61. The smallest absolute Gasteiger partial charge is 0.231 e. The molecule has 2 atom stereocenters. The van der Waals surface area contributed by atoms with Crippen LogP contribution in [0.25, 0.3) is 21.3 Å². The number of carbonyl (C=O) groups is 1. The van der Waals surface area contributed by atoms with E-state index in [-0.39, 0.29) is 12.3 Å². The molecule has 3 N–H and O–H groups in total. The molecule has 6 nitrogen and oxygen atoms in total. The third kappa shape index (κ3) is 2.58. The fraction of sp³-hybridized carbons (Fsp3) is 0.250. The van der Waals surface area contributed by atoms with Crippen LogP contribution in [-0.4, -0.2) is 26.6 Å². The molecule has 0 bridgehead atoms.